The van der Waals surface area contributed by atoms with Crippen molar-refractivity contribution in [2.45, 2.75) is 13.8 Å². The molecule has 0 saturated carbocycles. The molecule has 0 aliphatic carbocycles. The summed E-state index contributed by atoms with van der Waals surface area (Å²) in [5.74, 6) is 0. The highest BCUT2D eigenvalue weighted by atomic mass is 79.9. The third-order valence-corrected chi connectivity index (χ3v) is 3.64. The fourth-order valence-electron chi connectivity index (χ4n) is 1.14. The van der Waals surface area contributed by atoms with Crippen LogP contribution in [0.4, 0.5) is 0 Å². The normalized spacial score (nSPS) is 10.9. The number of aryl methyl sites for hydroxylation is 2. The Kier molecular flexibility index (Phi) is 1.88. The van der Waals surface area contributed by atoms with Gasteiger partial charge in [0.1, 0.15) is 15.8 Å². The second-order valence-corrected chi connectivity index (χ2v) is 4.58. The summed E-state index contributed by atoms with van der Waals surface area (Å²) >= 11 is 5.13. The van der Waals surface area contributed by atoms with Crippen LogP contribution in [0.25, 0.3) is 10.2 Å². The lowest BCUT2D eigenvalue weighted by Gasteiger charge is -1.92. The Hall–Kier alpha value is -0.480. The van der Waals surface area contributed by atoms with Crippen LogP contribution in [0, 0.1) is 13.8 Å². The lowest BCUT2D eigenvalue weighted by Crippen LogP contribution is -1.80. The molecule has 0 atom stereocenters. The fraction of sp³-hybridized carbons (Fsp3) is 0.250. The number of fused-ring (bicyclic) bond motifs is 1. The lowest BCUT2D eigenvalue weighted by atomic mass is 10.2. The minimum atomic E-state index is 0.898. The third-order valence-electron chi connectivity index (χ3n) is 1.92. The average Bonchev–Trinajstić information content (AvgIpc) is 2.29. The van der Waals surface area contributed by atoms with Crippen molar-refractivity contribution in [3.05, 3.63) is 21.4 Å². The van der Waals surface area contributed by atoms with Gasteiger partial charge in [-0.2, -0.15) is 0 Å². The maximum atomic E-state index is 4.20. The Morgan fingerprint density at radius 3 is 2.75 bits per heavy atom. The van der Waals surface area contributed by atoms with Crippen molar-refractivity contribution < 1.29 is 0 Å². The molecule has 0 bridgehead atoms. The molecule has 0 aromatic carbocycles. The van der Waals surface area contributed by atoms with E-state index in [-0.39, 0.29) is 0 Å². The summed E-state index contributed by atoms with van der Waals surface area (Å²) in [6, 6.07) is 0. The Morgan fingerprint density at radius 2 is 2.08 bits per heavy atom. The van der Waals surface area contributed by atoms with Gasteiger partial charge in [0.05, 0.1) is 0 Å². The zero-order valence-corrected chi connectivity index (χ0v) is 9.16. The summed E-state index contributed by atoms with van der Waals surface area (Å²) in [6.45, 7) is 4.20. The van der Waals surface area contributed by atoms with Crippen LogP contribution in [0.2, 0.25) is 0 Å². The van der Waals surface area contributed by atoms with E-state index in [9.17, 15) is 0 Å². The lowest BCUT2D eigenvalue weighted by molar-refractivity contribution is 1.20. The predicted molar refractivity (Wildman–Crippen MR) is 54.6 cm³/mol. The van der Waals surface area contributed by atoms with Crippen molar-refractivity contribution in [2.75, 3.05) is 0 Å². The van der Waals surface area contributed by atoms with Crippen LogP contribution in [0.15, 0.2) is 10.9 Å². The Balaban J connectivity index is 2.97. The Morgan fingerprint density at radius 1 is 1.33 bits per heavy atom. The summed E-state index contributed by atoms with van der Waals surface area (Å²) in [4.78, 5) is 10.7. The first kappa shape index (κ1) is 8.13. The zero-order valence-electron chi connectivity index (χ0n) is 6.76. The molecule has 0 N–H and O–H groups in total. The molecule has 2 heterocycles. The maximum Gasteiger partial charge on any atom is 0.128 e. The predicted octanol–water partition coefficient (Wildman–Crippen LogP) is 3.07. The number of nitrogens with zero attached hydrogens (tertiary/aromatic N) is 2. The van der Waals surface area contributed by atoms with Crippen molar-refractivity contribution in [1.82, 2.24) is 9.97 Å². The van der Waals surface area contributed by atoms with E-state index in [0.717, 1.165) is 14.8 Å². The highest BCUT2D eigenvalue weighted by molar-refractivity contribution is 9.10. The Bertz CT molecular complexity index is 436. The first-order valence-electron chi connectivity index (χ1n) is 3.56. The van der Waals surface area contributed by atoms with E-state index in [1.807, 2.05) is 0 Å². The second kappa shape index (κ2) is 2.78. The summed E-state index contributed by atoms with van der Waals surface area (Å²) in [7, 11) is 0. The van der Waals surface area contributed by atoms with Crippen molar-refractivity contribution in [3.8, 4) is 0 Å². The molecular formula is C8H7BrN2S. The van der Waals surface area contributed by atoms with E-state index < -0.39 is 0 Å². The summed E-state index contributed by atoms with van der Waals surface area (Å²) in [5.41, 5.74) is 1.28. The van der Waals surface area contributed by atoms with Gasteiger partial charge in [0, 0.05) is 10.3 Å². The average molecular weight is 243 g/mol. The van der Waals surface area contributed by atoms with E-state index >= 15 is 0 Å². The Labute approximate surface area is 82.8 Å². The smallest absolute Gasteiger partial charge is 0.128 e. The molecule has 62 valence electrons. The fourth-order valence-corrected chi connectivity index (χ4v) is 2.84. The third kappa shape index (κ3) is 1.06. The molecule has 0 aliphatic heterocycles. The van der Waals surface area contributed by atoms with Crippen molar-refractivity contribution in [1.29, 1.82) is 0 Å². The van der Waals surface area contributed by atoms with Crippen LogP contribution in [-0.4, -0.2) is 9.97 Å². The molecular weight excluding hydrogens is 236 g/mol. The van der Waals surface area contributed by atoms with Gasteiger partial charge in [-0.25, -0.2) is 9.97 Å². The van der Waals surface area contributed by atoms with Gasteiger partial charge in [-0.1, -0.05) is 0 Å². The molecule has 2 aromatic heterocycles. The molecule has 12 heavy (non-hydrogen) atoms. The standard InChI is InChI=1S/C8H7BrN2S/c1-4-5(2)12-8-6(4)7(9)10-3-11-8/h3H,1-2H3. The number of halogens is 1. The molecule has 4 heteroatoms. The first-order valence-corrected chi connectivity index (χ1v) is 5.17. The SMILES string of the molecule is Cc1sc2ncnc(Br)c2c1C. The van der Waals surface area contributed by atoms with Crippen LogP contribution in [0.3, 0.4) is 0 Å². The summed E-state index contributed by atoms with van der Waals surface area (Å²) in [5, 5.41) is 1.15. The topological polar surface area (TPSA) is 25.8 Å². The van der Waals surface area contributed by atoms with Gasteiger partial charge >= 0.3 is 0 Å². The van der Waals surface area contributed by atoms with Gasteiger partial charge in [0.15, 0.2) is 0 Å². The molecule has 0 fully saturated rings. The van der Waals surface area contributed by atoms with Crippen LogP contribution in [0.1, 0.15) is 10.4 Å². The van der Waals surface area contributed by atoms with E-state index in [1.54, 1.807) is 17.7 Å². The minimum absolute atomic E-state index is 0.898. The minimum Gasteiger partial charge on any atom is -0.229 e. The largest absolute Gasteiger partial charge is 0.229 e. The molecule has 2 nitrogen and oxygen atoms in total. The van der Waals surface area contributed by atoms with E-state index in [1.165, 1.54) is 10.4 Å². The van der Waals surface area contributed by atoms with Gasteiger partial charge in [-0.05, 0) is 35.3 Å². The maximum absolute atomic E-state index is 4.20. The number of aromatic nitrogens is 2. The van der Waals surface area contributed by atoms with Gasteiger partial charge in [-0.15, -0.1) is 11.3 Å². The van der Waals surface area contributed by atoms with E-state index in [4.69, 9.17) is 0 Å². The molecule has 0 aliphatic rings. The first-order chi connectivity index (χ1) is 5.70. The van der Waals surface area contributed by atoms with E-state index in [2.05, 4.69) is 39.7 Å². The highest BCUT2D eigenvalue weighted by Gasteiger charge is 2.08. The molecule has 2 rings (SSSR count). The molecule has 2 aromatic rings. The zero-order chi connectivity index (χ0) is 8.72. The molecule has 0 spiro atoms. The van der Waals surface area contributed by atoms with Gasteiger partial charge < -0.3 is 0 Å². The van der Waals surface area contributed by atoms with Crippen LogP contribution in [0.5, 0.6) is 0 Å². The monoisotopic (exact) mass is 242 g/mol. The molecule has 0 radical (unpaired) electrons. The summed E-state index contributed by atoms with van der Waals surface area (Å²) < 4.78 is 0.898. The van der Waals surface area contributed by atoms with Crippen LogP contribution >= 0.6 is 27.3 Å². The number of thiophene rings is 1. The molecule has 0 amide bonds. The van der Waals surface area contributed by atoms with Crippen LogP contribution in [-0.2, 0) is 0 Å². The van der Waals surface area contributed by atoms with Gasteiger partial charge in [-0.3, -0.25) is 0 Å². The van der Waals surface area contributed by atoms with Crippen molar-refractivity contribution in [3.63, 3.8) is 0 Å². The number of rotatable bonds is 0. The molecule has 0 saturated heterocycles. The second-order valence-electron chi connectivity index (χ2n) is 2.63. The number of hydrogen-bond acceptors (Lipinski definition) is 3. The van der Waals surface area contributed by atoms with Crippen molar-refractivity contribution in [2.24, 2.45) is 0 Å². The van der Waals surface area contributed by atoms with Gasteiger partial charge in [0.25, 0.3) is 0 Å². The van der Waals surface area contributed by atoms with Gasteiger partial charge in [0.2, 0.25) is 0 Å². The van der Waals surface area contributed by atoms with E-state index in [0.29, 0.717) is 0 Å². The number of hydrogen-bond donors (Lipinski definition) is 0. The van der Waals surface area contributed by atoms with Crippen LogP contribution < -0.4 is 0 Å². The highest BCUT2D eigenvalue weighted by Crippen LogP contribution is 2.31. The molecule has 0 unspecified atom stereocenters. The van der Waals surface area contributed by atoms with Crippen molar-refractivity contribution >= 4 is 37.5 Å². The quantitative estimate of drug-likeness (QED) is 0.664. The summed E-state index contributed by atoms with van der Waals surface area (Å²) in [6.07, 6.45) is 1.59.